The summed E-state index contributed by atoms with van der Waals surface area (Å²) in [5, 5.41) is 8.75. The van der Waals surface area contributed by atoms with Gasteiger partial charge in [0.15, 0.2) is 0 Å². The van der Waals surface area contributed by atoms with Crippen molar-refractivity contribution in [2.24, 2.45) is 0 Å². The molecule has 0 aliphatic rings. The van der Waals surface area contributed by atoms with Crippen molar-refractivity contribution in [3.8, 4) is 16.5 Å². The fourth-order valence-electron chi connectivity index (χ4n) is 1.39. The molecule has 0 amide bonds. The van der Waals surface area contributed by atoms with Gasteiger partial charge in [-0.3, -0.25) is 0 Å². The molecular formula is C11H5BrF2N2S. The Hall–Kier alpha value is -1.45. The van der Waals surface area contributed by atoms with Gasteiger partial charge in [0.05, 0.1) is 11.3 Å². The Bertz CT molecular complexity index is 608. The maximum absolute atomic E-state index is 13.7. The van der Waals surface area contributed by atoms with Gasteiger partial charge in [0, 0.05) is 9.35 Å². The predicted octanol–water partition coefficient (Wildman–Crippen LogP) is 3.91. The average Bonchev–Trinajstić information content (AvgIpc) is 2.57. The average molecular weight is 315 g/mol. The molecule has 0 atom stereocenters. The highest BCUT2D eigenvalue weighted by molar-refractivity contribution is 9.10. The minimum absolute atomic E-state index is 0.161. The number of nitrogens with two attached hydrogens (primary N) is 1. The third-order valence-electron chi connectivity index (χ3n) is 2.12. The zero-order valence-corrected chi connectivity index (χ0v) is 10.7. The summed E-state index contributed by atoms with van der Waals surface area (Å²) in [6, 6.07) is 5.61. The number of nitrogens with zero attached hydrogens (tertiary/aromatic N) is 1. The summed E-state index contributed by atoms with van der Waals surface area (Å²) in [5.74, 6) is -1.38. The molecule has 6 heteroatoms. The highest BCUT2D eigenvalue weighted by atomic mass is 79.9. The molecule has 0 spiro atoms. The van der Waals surface area contributed by atoms with Crippen LogP contribution >= 0.6 is 27.3 Å². The van der Waals surface area contributed by atoms with Crippen LogP contribution < -0.4 is 5.73 Å². The zero-order valence-electron chi connectivity index (χ0n) is 8.30. The van der Waals surface area contributed by atoms with Crippen molar-refractivity contribution in [3.63, 3.8) is 0 Å². The van der Waals surface area contributed by atoms with Crippen LogP contribution in [-0.2, 0) is 0 Å². The summed E-state index contributed by atoms with van der Waals surface area (Å²) in [7, 11) is 0. The number of nitrogen functional groups attached to an aromatic ring is 1. The van der Waals surface area contributed by atoms with Gasteiger partial charge in [-0.1, -0.05) is 15.9 Å². The molecular weight excluding hydrogens is 310 g/mol. The second kappa shape index (κ2) is 4.43. The lowest BCUT2D eigenvalue weighted by atomic mass is 10.1. The molecule has 0 fully saturated rings. The molecule has 0 saturated carbocycles. The monoisotopic (exact) mass is 314 g/mol. The molecule has 0 aliphatic heterocycles. The van der Waals surface area contributed by atoms with E-state index in [-0.39, 0.29) is 16.1 Å². The summed E-state index contributed by atoms with van der Waals surface area (Å²) < 4.78 is 27.6. The van der Waals surface area contributed by atoms with E-state index in [2.05, 4.69) is 15.9 Å². The number of anilines is 1. The highest BCUT2D eigenvalue weighted by Gasteiger charge is 2.16. The van der Waals surface area contributed by atoms with Crippen molar-refractivity contribution in [1.29, 1.82) is 5.26 Å². The van der Waals surface area contributed by atoms with Crippen LogP contribution in [0.15, 0.2) is 22.7 Å². The first-order chi connectivity index (χ1) is 8.02. The van der Waals surface area contributed by atoms with Crippen molar-refractivity contribution in [2.45, 2.75) is 0 Å². The molecule has 2 aromatic rings. The molecule has 1 heterocycles. The van der Waals surface area contributed by atoms with Crippen LogP contribution in [0.1, 0.15) is 4.88 Å². The minimum Gasteiger partial charge on any atom is -0.397 e. The molecule has 0 unspecified atom stereocenters. The molecule has 86 valence electrons. The minimum atomic E-state index is -0.692. The predicted molar refractivity (Wildman–Crippen MR) is 66.5 cm³/mol. The maximum Gasteiger partial charge on any atom is 0.135 e. The Kier molecular flexibility index (Phi) is 3.13. The van der Waals surface area contributed by atoms with E-state index in [4.69, 9.17) is 11.0 Å². The molecule has 17 heavy (non-hydrogen) atoms. The Labute approximate surface area is 108 Å². The van der Waals surface area contributed by atoms with Crippen molar-refractivity contribution in [2.75, 3.05) is 5.73 Å². The number of rotatable bonds is 1. The second-order valence-corrected chi connectivity index (χ2v) is 5.22. The summed E-state index contributed by atoms with van der Waals surface area (Å²) in [4.78, 5) is 0.559. The van der Waals surface area contributed by atoms with Gasteiger partial charge in [-0.25, -0.2) is 8.78 Å². The van der Waals surface area contributed by atoms with Gasteiger partial charge >= 0.3 is 0 Å². The first-order valence-corrected chi connectivity index (χ1v) is 6.08. The summed E-state index contributed by atoms with van der Waals surface area (Å²) >= 11 is 3.96. The van der Waals surface area contributed by atoms with Gasteiger partial charge in [0.2, 0.25) is 0 Å². The number of nitriles is 1. The lowest BCUT2D eigenvalue weighted by Crippen LogP contribution is -1.88. The van der Waals surface area contributed by atoms with Gasteiger partial charge in [-0.15, -0.1) is 11.3 Å². The Balaban J connectivity index is 2.65. The van der Waals surface area contributed by atoms with Crippen LogP contribution in [0.5, 0.6) is 0 Å². The fourth-order valence-corrected chi connectivity index (χ4v) is 2.72. The molecule has 1 aromatic heterocycles. The van der Waals surface area contributed by atoms with E-state index in [1.807, 2.05) is 6.07 Å². The third kappa shape index (κ3) is 2.16. The normalized spacial score (nSPS) is 10.2. The molecule has 0 aliphatic carbocycles. The van der Waals surface area contributed by atoms with Crippen molar-refractivity contribution < 1.29 is 8.78 Å². The van der Waals surface area contributed by atoms with Gasteiger partial charge in [0.25, 0.3) is 0 Å². The maximum atomic E-state index is 13.7. The molecule has 2 N–H and O–H groups in total. The van der Waals surface area contributed by atoms with Crippen LogP contribution in [0.2, 0.25) is 0 Å². The van der Waals surface area contributed by atoms with Crippen LogP contribution in [-0.4, -0.2) is 0 Å². The molecule has 1 aromatic carbocycles. The number of halogens is 3. The van der Waals surface area contributed by atoms with E-state index < -0.39 is 11.6 Å². The van der Waals surface area contributed by atoms with E-state index in [0.29, 0.717) is 9.35 Å². The topological polar surface area (TPSA) is 49.8 Å². The molecule has 2 nitrogen and oxygen atoms in total. The van der Waals surface area contributed by atoms with E-state index in [1.165, 1.54) is 18.2 Å². The smallest absolute Gasteiger partial charge is 0.135 e. The highest BCUT2D eigenvalue weighted by Crippen LogP contribution is 2.36. The van der Waals surface area contributed by atoms with E-state index >= 15 is 0 Å². The summed E-state index contributed by atoms with van der Waals surface area (Å²) in [6.45, 7) is 0. The molecule has 0 saturated heterocycles. The SMILES string of the molecule is N#Cc1sc(-c2c(F)cc(Br)cc2F)cc1N. The van der Waals surface area contributed by atoms with Crippen molar-refractivity contribution in [3.05, 3.63) is 39.2 Å². The van der Waals surface area contributed by atoms with E-state index in [0.717, 1.165) is 11.3 Å². The quantitative estimate of drug-likeness (QED) is 0.867. The lowest BCUT2D eigenvalue weighted by Gasteiger charge is -2.02. The molecule has 0 radical (unpaired) electrons. The number of thiophene rings is 1. The first kappa shape index (κ1) is 12.0. The largest absolute Gasteiger partial charge is 0.397 e. The number of hydrogen-bond acceptors (Lipinski definition) is 3. The first-order valence-electron chi connectivity index (χ1n) is 4.47. The van der Waals surface area contributed by atoms with Crippen LogP contribution in [0.4, 0.5) is 14.5 Å². The molecule has 0 bridgehead atoms. The van der Waals surface area contributed by atoms with Crippen molar-refractivity contribution in [1.82, 2.24) is 0 Å². The van der Waals surface area contributed by atoms with Gasteiger partial charge < -0.3 is 5.73 Å². The third-order valence-corrected chi connectivity index (χ3v) is 3.65. The van der Waals surface area contributed by atoms with Gasteiger partial charge in [-0.2, -0.15) is 5.26 Å². The molecule has 2 rings (SSSR count). The van der Waals surface area contributed by atoms with Crippen LogP contribution in [0.25, 0.3) is 10.4 Å². The number of hydrogen-bond donors (Lipinski definition) is 1. The Morgan fingerprint density at radius 3 is 2.29 bits per heavy atom. The zero-order chi connectivity index (χ0) is 12.6. The summed E-state index contributed by atoms with van der Waals surface area (Å²) in [5.41, 5.74) is 5.62. The summed E-state index contributed by atoms with van der Waals surface area (Å²) in [6.07, 6.45) is 0. The van der Waals surface area contributed by atoms with Crippen molar-refractivity contribution >= 4 is 33.0 Å². The van der Waals surface area contributed by atoms with Gasteiger partial charge in [-0.05, 0) is 18.2 Å². The van der Waals surface area contributed by atoms with Crippen LogP contribution in [0.3, 0.4) is 0 Å². The standard InChI is InChI=1S/C11H5BrF2N2S/c12-5-1-6(13)11(7(14)2-5)9-3-8(16)10(4-15)17-9/h1-3H,16H2. The fraction of sp³-hybridized carbons (Fsp3) is 0. The second-order valence-electron chi connectivity index (χ2n) is 3.25. The van der Waals surface area contributed by atoms with E-state index in [1.54, 1.807) is 0 Å². The lowest BCUT2D eigenvalue weighted by molar-refractivity contribution is 0.589. The van der Waals surface area contributed by atoms with Gasteiger partial charge in [0.1, 0.15) is 22.6 Å². The van der Waals surface area contributed by atoms with E-state index in [9.17, 15) is 8.78 Å². The Morgan fingerprint density at radius 2 is 1.82 bits per heavy atom. The van der Waals surface area contributed by atoms with Crippen LogP contribution in [0, 0.1) is 23.0 Å². The Morgan fingerprint density at radius 1 is 1.24 bits per heavy atom. The number of benzene rings is 1.